The summed E-state index contributed by atoms with van der Waals surface area (Å²) in [6.45, 7) is 8.44. The number of ether oxygens (including phenoxy) is 2. The lowest BCUT2D eigenvalue weighted by Crippen LogP contribution is -2.49. The molecule has 0 radical (unpaired) electrons. The molecule has 2 aliphatic rings. The van der Waals surface area contributed by atoms with Gasteiger partial charge in [0.1, 0.15) is 17.1 Å². The number of hydrogen-bond donors (Lipinski definition) is 0. The highest BCUT2D eigenvalue weighted by molar-refractivity contribution is 5.66. The highest BCUT2D eigenvalue weighted by atomic mass is 16.5. The van der Waals surface area contributed by atoms with Gasteiger partial charge in [-0.1, -0.05) is 25.1 Å². The fraction of sp³-hybridized carbons (Fsp3) is 0.478. The normalized spacial score (nSPS) is 19.0. The molecule has 26 heavy (non-hydrogen) atoms. The van der Waals surface area contributed by atoms with Crippen molar-refractivity contribution in [3.05, 3.63) is 48.0 Å². The van der Waals surface area contributed by atoms with Gasteiger partial charge >= 0.3 is 0 Å². The predicted octanol–water partition coefficient (Wildman–Crippen LogP) is 4.93. The van der Waals surface area contributed by atoms with Crippen LogP contribution in [0.3, 0.4) is 0 Å². The Morgan fingerprint density at radius 1 is 0.962 bits per heavy atom. The molecule has 0 atom stereocenters. The summed E-state index contributed by atoms with van der Waals surface area (Å²) in [5.74, 6) is 2.02. The van der Waals surface area contributed by atoms with Crippen molar-refractivity contribution in [1.82, 2.24) is 4.90 Å². The second-order valence-corrected chi connectivity index (χ2v) is 7.50. The maximum absolute atomic E-state index is 6.55. The highest BCUT2D eigenvalue weighted by Gasteiger charge is 2.39. The first-order valence-corrected chi connectivity index (χ1v) is 9.99. The van der Waals surface area contributed by atoms with E-state index in [2.05, 4.69) is 42.2 Å². The van der Waals surface area contributed by atoms with Crippen LogP contribution < -0.4 is 9.47 Å². The lowest BCUT2D eigenvalue weighted by atomic mass is 9.82. The molecule has 1 saturated heterocycles. The molecule has 0 aromatic heterocycles. The van der Waals surface area contributed by atoms with Crippen LogP contribution in [0.2, 0.25) is 0 Å². The minimum atomic E-state index is 0.0688. The van der Waals surface area contributed by atoms with Crippen LogP contribution in [0.15, 0.2) is 42.5 Å². The molecule has 0 saturated carbocycles. The SMILES string of the molecule is CCOc1ccc(-c2ccc3c(c2)CCC2(CCN(CC)CC2)O3)cc1. The molecule has 1 spiro atoms. The van der Waals surface area contributed by atoms with E-state index in [1.807, 2.05) is 19.1 Å². The van der Waals surface area contributed by atoms with Crippen molar-refractivity contribution in [3.63, 3.8) is 0 Å². The smallest absolute Gasteiger partial charge is 0.123 e. The van der Waals surface area contributed by atoms with Crippen LogP contribution in [0.4, 0.5) is 0 Å². The Morgan fingerprint density at radius 2 is 1.69 bits per heavy atom. The molecule has 2 aromatic rings. The second-order valence-electron chi connectivity index (χ2n) is 7.50. The van der Waals surface area contributed by atoms with Gasteiger partial charge in [-0.05, 0) is 80.1 Å². The fourth-order valence-corrected chi connectivity index (χ4v) is 4.24. The van der Waals surface area contributed by atoms with E-state index in [1.54, 1.807) is 0 Å². The molecule has 2 aliphatic heterocycles. The van der Waals surface area contributed by atoms with Crippen molar-refractivity contribution in [2.45, 2.75) is 45.1 Å². The molecule has 0 unspecified atom stereocenters. The van der Waals surface area contributed by atoms with E-state index >= 15 is 0 Å². The topological polar surface area (TPSA) is 21.7 Å². The van der Waals surface area contributed by atoms with Crippen molar-refractivity contribution >= 4 is 0 Å². The number of aryl methyl sites for hydroxylation is 1. The minimum Gasteiger partial charge on any atom is -0.494 e. The zero-order valence-corrected chi connectivity index (χ0v) is 16.0. The molecular formula is C23H29NO2. The number of rotatable bonds is 4. The number of nitrogens with zero attached hydrogens (tertiary/aromatic N) is 1. The lowest BCUT2D eigenvalue weighted by Gasteiger charge is -2.44. The van der Waals surface area contributed by atoms with Gasteiger partial charge in [-0.15, -0.1) is 0 Å². The average molecular weight is 351 g/mol. The third kappa shape index (κ3) is 3.45. The molecule has 1 fully saturated rings. The Hall–Kier alpha value is -2.00. The van der Waals surface area contributed by atoms with Crippen LogP contribution in [0.1, 0.15) is 38.7 Å². The quantitative estimate of drug-likeness (QED) is 0.779. The number of piperidine rings is 1. The van der Waals surface area contributed by atoms with Gasteiger partial charge in [0, 0.05) is 13.1 Å². The molecule has 2 heterocycles. The van der Waals surface area contributed by atoms with Crippen LogP contribution in [-0.4, -0.2) is 36.7 Å². The fourth-order valence-electron chi connectivity index (χ4n) is 4.24. The van der Waals surface area contributed by atoms with Crippen LogP contribution >= 0.6 is 0 Å². The first-order chi connectivity index (χ1) is 12.7. The standard InChI is InChI=1S/C23H29NO2/c1-3-24-15-13-23(14-16-24)12-11-20-17-19(7-10-22(20)26-23)18-5-8-21(9-6-18)25-4-2/h5-10,17H,3-4,11-16H2,1-2H3. The number of hydrogen-bond acceptors (Lipinski definition) is 3. The van der Waals surface area contributed by atoms with Gasteiger partial charge in [-0.2, -0.15) is 0 Å². The van der Waals surface area contributed by atoms with E-state index in [0.717, 1.165) is 56.8 Å². The van der Waals surface area contributed by atoms with Gasteiger partial charge in [-0.25, -0.2) is 0 Å². The molecule has 0 bridgehead atoms. The molecule has 3 nitrogen and oxygen atoms in total. The molecular weight excluding hydrogens is 322 g/mol. The Bertz CT molecular complexity index is 745. The van der Waals surface area contributed by atoms with E-state index in [4.69, 9.17) is 9.47 Å². The summed E-state index contributed by atoms with van der Waals surface area (Å²) < 4.78 is 12.1. The number of fused-ring (bicyclic) bond motifs is 1. The van der Waals surface area contributed by atoms with Crippen molar-refractivity contribution < 1.29 is 9.47 Å². The second kappa shape index (κ2) is 7.32. The van der Waals surface area contributed by atoms with Crippen molar-refractivity contribution in [1.29, 1.82) is 0 Å². The van der Waals surface area contributed by atoms with Crippen molar-refractivity contribution in [2.75, 3.05) is 26.2 Å². The Labute approximate surface area is 156 Å². The summed E-state index contributed by atoms with van der Waals surface area (Å²) in [5.41, 5.74) is 3.90. The van der Waals surface area contributed by atoms with E-state index in [9.17, 15) is 0 Å². The molecule has 138 valence electrons. The van der Waals surface area contributed by atoms with Crippen LogP contribution in [0.25, 0.3) is 11.1 Å². The van der Waals surface area contributed by atoms with Gasteiger partial charge in [0.2, 0.25) is 0 Å². The number of likely N-dealkylation sites (tertiary alicyclic amines) is 1. The zero-order valence-electron chi connectivity index (χ0n) is 16.0. The van der Waals surface area contributed by atoms with Crippen LogP contribution in [0.5, 0.6) is 11.5 Å². The third-order valence-electron chi connectivity index (χ3n) is 5.95. The van der Waals surface area contributed by atoms with Gasteiger partial charge < -0.3 is 14.4 Å². The van der Waals surface area contributed by atoms with E-state index < -0.39 is 0 Å². The molecule has 2 aromatic carbocycles. The predicted molar refractivity (Wildman–Crippen MR) is 106 cm³/mol. The van der Waals surface area contributed by atoms with Crippen molar-refractivity contribution in [3.8, 4) is 22.6 Å². The molecule has 3 heteroatoms. The summed E-state index contributed by atoms with van der Waals surface area (Å²) in [5, 5.41) is 0. The van der Waals surface area contributed by atoms with Gasteiger partial charge in [0.25, 0.3) is 0 Å². The summed E-state index contributed by atoms with van der Waals surface area (Å²) in [6.07, 6.45) is 4.57. The Morgan fingerprint density at radius 3 is 2.38 bits per heavy atom. The molecule has 0 N–H and O–H groups in total. The van der Waals surface area contributed by atoms with Gasteiger partial charge in [-0.3, -0.25) is 0 Å². The van der Waals surface area contributed by atoms with Gasteiger partial charge in [0.15, 0.2) is 0 Å². The summed E-state index contributed by atoms with van der Waals surface area (Å²) >= 11 is 0. The maximum Gasteiger partial charge on any atom is 0.123 e. The average Bonchev–Trinajstić information content (AvgIpc) is 2.69. The first-order valence-electron chi connectivity index (χ1n) is 9.99. The Kier molecular flexibility index (Phi) is 4.90. The molecule has 0 aliphatic carbocycles. The first kappa shape index (κ1) is 17.4. The Balaban J connectivity index is 1.50. The summed E-state index contributed by atoms with van der Waals surface area (Å²) in [4.78, 5) is 2.53. The maximum atomic E-state index is 6.55. The van der Waals surface area contributed by atoms with E-state index in [0.29, 0.717) is 6.61 Å². The zero-order chi connectivity index (χ0) is 18.0. The van der Waals surface area contributed by atoms with E-state index in [-0.39, 0.29) is 5.60 Å². The number of benzene rings is 2. The van der Waals surface area contributed by atoms with Crippen LogP contribution in [0, 0.1) is 0 Å². The summed E-state index contributed by atoms with van der Waals surface area (Å²) in [6, 6.07) is 15.0. The monoisotopic (exact) mass is 351 g/mol. The van der Waals surface area contributed by atoms with Crippen LogP contribution in [-0.2, 0) is 6.42 Å². The van der Waals surface area contributed by atoms with E-state index in [1.165, 1.54) is 16.7 Å². The summed E-state index contributed by atoms with van der Waals surface area (Å²) in [7, 11) is 0. The lowest BCUT2D eigenvalue weighted by molar-refractivity contribution is -0.0132. The highest BCUT2D eigenvalue weighted by Crippen LogP contribution is 2.40. The largest absolute Gasteiger partial charge is 0.494 e. The minimum absolute atomic E-state index is 0.0688. The van der Waals surface area contributed by atoms with Gasteiger partial charge in [0.05, 0.1) is 6.61 Å². The molecule has 0 amide bonds. The third-order valence-corrected chi connectivity index (χ3v) is 5.95. The van der Waals surface area contributed by atoms with Crippen molar-refractivity contribution in [2.24, 2.45) is 0 Å². The molecule has 4 rings (SSSR count).